The maximum absolute atomic E-state index is 5.97. The van der Waals surface area contributed by atoms with E-state index in [1.165, 1.54) is 0 Å². The molecule has 1 atom stereocenters. The summed E-state index contributed by atoms with van der Waals surface area (Å²) in [7, 11) is 1.68. The SMILES string of the molecule is COc1ccc(Cl)cc1C(C)NC(C)C. The number of hydrogen-bond acceptors (Lipinski definition) is 2. The Labute approximate surface area is 96.6 Å². The topological polar surface area (TPSA) is 21.3 Å². The summed E-state index contributed by atoms with van der Waals surface area (Å²) in [6.07, 6.45) is 0. The molecule has 84 valence electrons. The molecule has 0 aromatic heterocycles. The van der Waals surface area contributed by atoms with E-state index in [2.05, 4.69) is 26.1 Å². The molecule has 0 amide bonds. The minimum Gasteiger partial charge on any atom is -0.496 e. The van der Waals surface area contributed by atoms with E-state index >= 15 is 0 Å². The van der Waals surface area contributed by atoms with E-state index in [4.69, 9.17) is 16.3 Å². The van der Waals surface area contributed by atoms with Crippen molar-refractivity contribution in [2.24, 2.45) is 0 Å². The quantitative estimate of drug-likeness (QED) is 0.851. The zero-order valence-electron chi connectivity index (χ0n) is 9.67. The summed E-state index contributed by atoms with van der Waals surface area (Å²) in [6, 6.07) is 6.35. The molecule has 0 bridgehead atoms. The van der Waals surface area contributed by atoms with Gasteiger partial charge in [0.2, 0.25) is 0 Å². The van der Waals surface area contributed by atoms with Crippen LogP contribution in [-0.4, -0.2) is 13.2 Å². The molecule has 0 spiro atoms. The van der Waals surface area contributed by atoms with Crippen molar-refractivity contribution in [3.05, 3.63) is 28.8 Å². The largest absolute Gasteiger partial charge is 0.496 e. The Morgan fingerprint density at radius 1 is 1.27 bits per heavy atom. The van der Waals surface area contributed by atoms with Crippen molar-refractivity contribution in [3.8, 4) is 5.75 Å². The van der Waals surface area contributed by atoms with E-state index in [0.717, 1.165) is 16.3 Å². The lowest BCUT2D eigenvalue weighted by atomic mass is 10.1. The molecule has 0 fully saturated rings. The second-order valence-electron chi connectivity index (χ2n) is 3.93. The third-order valence-electron chi connectivity index (χ3n) is 2.24. The summed E-state index contributed by atoms with van der Waals surface area (Å²) in [5.41, 5.74) is 1.10. The highest BCUT2D eigenvalue weighted by Crippen LogP contribution is 2.28. The molecule has 0 radical (unpaired) electrons. The maximum Gasteiger partial charge on any atom is 0.123 e. The highest BCUT2D eigenvalue weighted by atomic mass is 35.5. The summed E-state index contributed by atoms with van der Waals surface area (Å²) in [5, 5.41) is 4.16. The standard InChI is InChI=1S/C12H18ClNO/c1-8(2)14-9(3)11-7-10(13)5-6-12(11)15-4/h5-9,14H,1-4H3. The van der Waals surface area contributed by atoms with Crippen LogP contribution in [0, 0.1) is 0 Å². The lowest BCUT2D eigenvalue weighted by Crippen LogP contribution is -2.26. The van der Waals surface area contributed by atoms with Gasteiger partial charge in [0, 0.05) is 22.7 Å². The monoisotopic (exact) mass is 227 g/mol. The third-order valence-corrected chi connectivity index (χ3v) is 2.48. The molecular formula is C12H18ClNO. The van der Waals surface area contributed by atoms with Crippen molar-refractivity contribution in [3.63, 3.8) is 0 Å². The fraction of sp³-hybridized carbons (Fsp3) is 0.500. The summed E-state index contributed by atoms with van der Waals surface area (Å²) in [5.74, 6) is 0.875. The van der Waals surface area contributed by atoms with Gasteiger partial charge in [0.05, 0.1) is 7.11 Å². The molecule has 0 aliphatic heterocycles. The zero-order valence-corrected chi connectivity index (χ0v) is 10.4. The predicted octanol–water partition coefficient (Wildman–Crippen LogP) is 3.41. The summed E-state index contributed by atoms with van der Waals surface area (Å²) in [6.45, 7) is 6.34. The smallest absolute Gasteiger partial charge is 0.123 e. The van der Waals surface area contributed by atoms with Gasteiger partial charge in [-0.05, 0) is 25.1 Å². The second kappa shape index (κ2) is 5.38. The molecule has 15 heavy (non-hydrogen) atoms. The van der Waals surface area contributed by atoms with Crippen LogP contribution < -0.4 is 10.1 Å². The Bertz CT molecular complexity index is 325. The highest BCUT2D eigenvalue weighted by molar-refractivity contribution is 6.30. The second-order valence-corrected chi connectivity index (χ2v) is 4.37. The number of benzene rings is 1. The molecule has 0 saturated carbocycles. The average molecular weight is 228 g/mol. The normalized spacial score (nSPS) is 12.9. The van der Waals surface area contributed by atoms with Gasteiger partial charge in [0.15, 0.2) is 0 Å². The van der Waals surface area contributed by atoms with E-state index in [-0.39, 0.29) is 6.04 Å². The van der Waals surface area contributed by atoms with Crippen LogP contribution in [0.1, 0.15) is 32.4 Å². The van der Waals surface area contributed by atoms with Crippen LogP contribution in [0.15, 0.2) is 18.2 Å². The van der Waals surface area contributed by atoms with Crippen LogP contribution >= 0.6 is 11.6 Å². The Kier molecular flexibility index (Phi) is 4.43. The van der Waals surface area contributed by atoms with Crippen molar-refractivity contribution in [2.45, 2.75) is 32.9 Å². The molecular weight excluding hydrogens is 210 g/mol. The van der Waals surface area contributed by atoms with Crippen molar-refractivity contribution >= 4 is 11.6 Å². The van der Waals surface area contributed by atoms with E-state index < -0.39 is 0 Å². The first kappa shape index (κ1) is 12.3. The van der Waals surface area contributed by atoms with Gasteiger partial charge in [-0.2, -0.15) is 0 Å². The Morgan fingerprint density at radius 2 is 1.93 bits per heavy atom. The van der Waals surface area contributed by atoms with Crippen LogP contribution in [0.3, 0.4) is 0 Å². The minimum absolute atomic E-state index is 0.235. The molecule has 1 aromatic carbocycles. The van der Waals surface area contributed by atoms with Crippen LogP contribution in [0.2, 0.25) is 5.02 Å². The number of ether oxygens (including phenoxy) is 1. The van der Waals surface area contributed by atoms with E-state index in [9.17, 15) is 0 Å². The third kappa shape index (κ3) is 3.40. The predicted molar refractivity (Wildman–Crippen MR) is 64.7 cm³/mol. The molecule has 0 saturated heterocycles. The van der Waals surface area contributed by atoms with Gasteiger partial charge in [-0.3, -0.25) is 0 Å². The lowest BCUT2D eigenvalue weighted by Gasteiger charge is -2.19. The Hall–Kier alpha value is -0.730. The van der Waals surface area contributed by atoms with E-state index in [1.807, 2.05) is 18.2 Å². The molecule has 3 heteroatoms. The Balaban J connectivity index is 2.94. The molecule has 1 rings (SSSR count). The molecule has 1 unspecified atom stereocenters. The summed E-state index contributed by atoms with van der Waals surface area (Å²) >= 11 is 5.97. The van der Waals surface area contributed by atoms with Gasteiger partial charge >= 0.3 is 0 Å². The van der Waals surface area contributed by atoms with Crippen LogP contribution in [0.4, 0.5) is 0 Å². The number of rotatable bonds is 4. The fourth-order valence-corrected chi connectivity index (χ4v) is 1.81. The van der Waals surface area contributed by atoms with Crippen LogP contribution in [-0.2, 0) is 0 Å². The number of nitrogens with one attached hydrogen (secondary N) is 1. The van der Waals surface area contributed by atoms with Gasteiger partial charge in [-0.25, -0.2) is 0 Å². The minimum atomic E-state index is 0.235. The van der Waals surface area contributed by atoms with Gasteiger partial charge in [0.25, 0.3) is 0 Å². The van der Waals surface area contributed by atoms with Crippen molar-refractivity contribution in [2.75, 3.05) is 7.11 Å². The first-order chi connectivity index (χ1) is 7.04. The zero-order chi connectivity index (χ0) is 11.4. The van der Waals surface area contributed by atoms with Crippen molar-refractivity contribution in [1.29, 1.82) is 0 Å². The molecule has 1 N–H and O–H groups in total. The molecule has 0 aliphatic rings. The first-order valence-electron chi connectivity index (χ1n) is 5.14. The van der Waals surface area contributed by atoms with Gasteiger partial charge in [0.1, 0.15) is 5.75 Å². The van der Waals surface area contributed by atoms with Gasteiger partial charge in [-0.1, -0.05) is 25.4 Å². The summed E-state index contributed by atoms with van der Waals surface area (Å²) < 4.78 is 5.30. The van der Waals surface area contributed by atoms with Gasteiger partial charge < -0.3 is 10.1 Å². The van der Waals surface area contributed by atoms with Crippen LogP contribution in [0.25, 0.3) is 0 Å². The molecule has 0 heterocycles. The molecule has 0 aliphatic carbocycles. The first-order valence-corrected chi connectivity index (χ1v) is 5.52. The average Bonchev–Trinajstić information content (AvgIpc) is 2.16. The van der Waals surface area contributed by atoms with E-state index in [1.54, 1.807) is 7.11 Å². The van der Waals surface area contributed by atoms with Crippen LogP contribution in [0.5, 0.6) is 5.75 Å². The van der Waals surface area contributed by atoms with Crippen molar-refractivity contribution < 1.29 is 4.74 Å². The lowest BCUT2D eigenvalue weighted by molar-refractivity contribution is 0.398. The van der Waals surface area contributed by atoms with Gasteiger partial charge in [-0.15, -0.1) is 0 Å². The van der Waals surface area contributed by atoms with Crippen molar-refractivity contribution in [1.82, 2.24) is 5.32 Å². The maximum atomic E-state index is 5.97. The van der Waals surface area contributed by atoms with E-state index in [0.29, 0.717) is 6.04 Å². The Morgan fingerprint density at radius 3 is 2.47 bits per heavy atom. The molecule has 1 aromatic rings. The number of hydrogen-bond donors (Lipinski definition) is 1. The molecule has 2 nitrogen and oxygen atoms in total. The summed E-state index contributed by atoms with van der Waals surface area (Å²) in [4.78, 5) is 0. The fourth-order valence-electron chi connectivity index (χ4n) is 1.63. The highest BCUT2D eigenvalue weighted by Gasteiger charge is 2.12. The number of halogens is 1. The number of methoxy groups -OCH3 is 1.